The zero-order valence-electron chi connectivity index (χ0n) is 12.0. The summed E-state index contributed by atoms with van der Waals surface area (Å²) in [6.07, 6.45) is 2.87. The average molecular weight is 268 g/mol. The van der Waals surface area contributed by atoms with E-state index in [1.165, 1.54) is 0 Å². The molecule has 108 valence electrons. The van der Waals surface area contributed by atoms with Gasteiger partial charge in [-0.05, 0) is 19.3 Å². The van der Waals surface area contributed by atoms with Gasteiger partial charge in [0, 0.05) is 32.3 Å². The van der Waals surface area contributed by atoms with Gasteiger partial charge in [-0.15, -0.1) is 0 Å². The summed E-state index contributed by atoms with van der Waals surface area (Å²) in [7, 11) is 5.20. The largest absolute Gasteiger partial charge is 0.493 e. The summed E-state index contributed by atoms with van der Waals surface area (Å²) in [5.74, 6) is 1.31. The van der Waals surface area contributed by atoms with E-state index in [9.17, 15) is 0 Å². The summed E-state index contributed by atoms with van der Waals surface area (Å²) in [6, 6.07) is 3.67. The second-order valence-corrected chi connectivity index (χ2v) is 4.47. The topological polar surface area (TPSA) is 68.0 Å². The molecule has 0 fully saturated rings. The molecule has 0 saturated carbocycles. The van der Waals surface area contributed by atoms with Gasteiger partial charge in [-0.2, -0.15) is 0 Å². The van der Waals surface area contributed by atoms with Crippen LogP contribution in [0.4, 0.5) is 11.4 Å². The van der Waals surface area contributed by atoms with Crippen molar-refractivity contribution in [3.63, 3.8) is 0 Å². The van der Waals surface area contributed by atoms with Crippen LogP contribution in [-0.4, -0.2) is 39.5 Å². The number of rotatable bonds is 8. The molecular weight excluding hydrogens is 244 g/mol. The molecule has 0 unspecified atom stereocenters. The first-order valence-electron chi connectivity index (χ1n) is 6.47. The standard InChI is InChI=1S/C14H24N2O3/c1-16(7-5-4-6-8-17)12-10-14(19-3)13(18-2)9-11(12)15/h9-10,17H,4-8,15H2,1-3H3. The summed E-state index contributed by atoms with van der Waals surface area (Å²) in [5.41, 5.74) is 7.64. The molecule has 1 rings (SSSR count). The molecule has 0 spiro atoms. The normalized spacial score (nSPS) is 10.3. The van der Waals surface area contributed by atoms with E-state index in [1.807, 2.05) is 13.1 Å². The number of nitrogens with zero attached hydrogens (tertiary/aromatic N) is 1. The Morgan fingerprint density at radius 3 is 2.32 bits per heavy atom. The Morgan fingerprint density at radius 1 is 1.11 bits per heavy atom. The van der Waals surface area contributed by atoms with Gasteiger partial charge in [-0.3, -0.25) is 0 Å². The third-order valence-corrected chi connectivity index (χ3v) is 3.10. The van der Waals surface area contributed by atoms with Crippen molar-refractivity contribution in [3.8, 4) is 11.5 Å². The van der Waals surface area contributed by atoms with Gasteiger partial charge in [0.15, 0.2) is 11.5 Å². The highest BCUT2D eigenvalue weighted by molar-refractivity contribution is 5.72. The Hall–Kier alpha value is -1.62. The number of methoxy groups -OCH3 is 2. The average Bonchev–Trinajstić information content (AvgIpc) is 2.42. The van der Waals surface area contributed by atoms with Gasteiger partial charge < -0.3 is 25.2 Å². The van der Waals surface area contributed by atoms with Crippen molar-refractivity contribution in [2.45, 2.75) is 19.3 Å². The van der Waals surface area contributed by atoms with Crippen LogP contribution in [-0.2, 0) is 0 Å². The van der Waals surface area contributed by atoms with Crippen molar-refractivity contribution < 1.29 is 14.6 Å². The maximum absolute atomic E-state index is 8.75. The molecule has 3 N–H and O–H groups in total. The van der Waals surface area contributed by atoms with Gasteiger partial charge in [0.1, 0.15) is 0 Å². The number of anilines is 2. The summed E-state index contributed by atoms with van der Waals surface area (Å²) < 4.78 is 10.5. The van der Waals surface area contributed by atoms with Crippen LogP contribution in [0, 0.1) is 0 Å². The molecule has 0 aliphatic rings. The van der Waals surface area contributed by atoms with Gasteiger partial charge in [0.05, 0.1) is 25.6 Å². The highest BCUT2D eigenvalue weighted by Crippen LogP contribution is 2.36. The van der Waals surface area contributed by atoms with E-state index < -0.39 is 0 Å². The Kier molecular flexibility index (Phi) is 6.29. The Balaban J connectivity index is 2.76. The predicted octanol–water partition coefficient (Wildman–Crippen LogP) is 1.88. The van der Waals surface area contributed by atoms with Gasteiger partial charge >= 0.3 is 0 Å². The molecule has 0 aliphatic carbocycles. The first-order valence-corrected chi connectivity index (χ1v) is 6.47. The van der Waals surface area contributed by atoms with Gasteiger partial charge in [-0.1, -0.05) is 0 Å². The van der Waals surface area contributed by atoms with Crippen molar-refractivity contribution in [1.29, 1.82) is 0 Å². The third-order valence-electron chi connectivity index (χ3n) is 3.10. The fourth-order valence-electron chi connectivity index (χ4n) is 1.97. The fraction of sp³-hybridized carbons (Fsp3) is 0.571. The van der Waals surface area contributed by atoms with Gasteiger partial charge in [-0.25, -0.2) is 0 Å². The first kappa shape index (κ1) is 15.4. The number of aliphatic hydroxyl groups excluding tert-OH is 1. The summed E-state index contributed by atoms with van der Waals surface area (Å²) in [6.45, 7) is 1.14. The number of aliphatic hydroxyl groups is 1. The van der Waals surface area contributed by atoms with Gasteiger partial charge in [0.2, 0.25) is 0 Å². The van der Waals surface area contributed by atoms with Crippen LogP contribution >= 0.6 is 0 Å². The Bertz CT molecular complexity index is 397. The molecular formula is C14H24N2O3. The minimum Gasteiger partial charge on any atom is -0.493 e. The maximum atomic E-state index is 8.75. The number of nitrogens with two attached hydrogens (primary N) is 1. The first-order chi connectivity index (χ1) is 9.13. The summed E-state index contributed by atoms with van der Waals surface area (Å²) in [5, 5.41) is 8.75. The molecule has 5 nitrogen and oxygen atoms in total. The SMILES string of the molecule is COc1cc(N)c(N(C)CCCCCO)cc1OC. The zero-order valence-corrected chi connectivity index (χ0v) is 12.0. The lowest BCUT2D eigenvalue weighted by Gasteiger charge is -2.22. The molecule has 5 heteroatoms. The molecule has 0 atom stereocenters. The number of benzene rings is 1. The summed E-state index contributed by atoms with van der Waals surface area (Å²) >= 11 is 0. The molecule has 0 heterocycles. The van der Waals surface area contributed by atoms with Crippen LogP contribution in [0.15, 0.2) is 12.1 Å². The van der Waals surface area contributed by atoms with Crippen LogP contribution in [0.25, 0.3) is 0 Å². The lowest BCUT2D eigenvalue weighted by molar-refractivity contribution is 0.283. The number of nitrogen functional groups attached to an aromatic ring is 1. The lowest BCUT2D eigenvalue weighted by atomic mass is 10.2. The monoisotopic (exact) mass is 268 g/mol. The van der Waals surface area contributed by atoms with E-state index in [0.717, 1.165) is 31.5 Å². The molecule has 0 saturated heterocycles. The Labute approximate surface area is 114 Å². The van der Waals surface area contributed by atoms with Crippen molar-refractivity contribution in [2.75, 3.05) is 45.1 Å². The second-order valence-electron chi connectivity index (χ2n) is 4.47. The Morgan fingerprint density at radius 2 is 1.74 bits per heavy atom. The maximum Gasteiger partial charge on any atom is 0.162 e. The van der Waals surface area contributed by atoms with E-state index in [0.29, 0.717) is 17.2 Å². The number of hydrogen-bond donors (Lipinski definition) is 2. The minimum atomic E-state index is 0.252. The lowest BCUT2D eigenvalue weighted by Crippen LogP contribution is -2.20. The van der Waals surface area contributed by atoms with Crippen LogP contribution in [0.5, 0.6) is 11.5 Å². The minimum absolute atomic E-state index is 0.252. The van der Waals surface area contributed by atoms with E-state index in [-0.39, 0.29) is 6.61 Å². The quantitative estimate of drug-likeness (QED) is 0.556. The smallest absolute Gasteiger partial charge is 0.162 e. The molecule has 19 heavy (non-hydrogen) atoms. The van der Waals surface area contributed by atoms with Crippen molar-refractivity contribution in [3.05, 3.63) is 12.1 Å². The van der Waals surface area contributed by atoms with Crippen LogP contribution in [0.1, 0.15) is 19.3 Å². The van der Waals surface area contributed by atoms with Gasteiger partial charge in [0.25, 0.3) is 0 Å². The summed E-state index contributed by atoms with van der Waals surface area (Å²) in [4.78, 5) is 2.09. The van der Waals surface area contributed by atoms with Crippen molar-refractivity contribution in [1.82, 2.24) is 0 Å². The van der Waals surface area contributed by atoms with Crippen LogP contribution in [0.3, 0.4) is 0 Å². The molecule has 0 amide bonds. The van der Waals surface area contributed by atoms with E-state index in [4.69, 9.17) is 20.3 Å². The number of unbranched alkanes of at least 4 members (excludes halogenated alkanes) is 2. The van der Waals surface area contributed by atoms with Crippen LogP contribution in [0.2, 0.25) is 0 Å². The van der Waals surface area contributed by atoms with E-state index in [2.05, 4.69) is 4.90 Å². The third kappa shape index (κ3) is 4.21. The number of ether oxygens (including phenoxy) is 2. The molecule has 0 bridgehead atoms. The molecule has 1 aromatic rings. The van der Waals surface area contributed by atoms with E-state index in [1.54, 1.807) is 20.3 Å². The van der Waals surface area contributed by atoms with Crippen LogP contribution < -0.4 is 20.1 Å². The predicted molar refractivity (Wildman–Crippen MR) is 78.2 cm³/mol. The van der Waals surface area contributed by atoms with Crippen molar-refractivity contribution in [2.24, 2.45) is 0 Å². The number of hydrogen-bond acceptors (Lipinski definition) is 5. The molecule has 1 aromatic carbocycles. The van der Waals surface area contributed by atoms with Crippen molar-refractivity contribution >= 4 is 11.4 Å². The van der Waals surface area contributed by atoms with E-state index >= 15 is 0 Å². The molecule has 0 radical (unpaired) electrons. The highest BCUT2D eigenvalue weighted by Gasteiger charge is 2.12. The highest BCUT2D eigenvalue weighted by atomic mass is 16.5. The zero-order chi connectivity index (χ0) is 14.3. The second kappa shape index (κ2) is 7.74. The fourth-order valence-corrected chi connectivity index (χ4v) is 1.97. The molecule has 0 aliphatic heterocycles. The molecule has 0 aromatic heterocycles.